The smallest absolute Gasteiger partial charge is 0.322 e. The third-order valence-corrected chi connectivity index (χ3v) is 3.69. The SMILES string of the molecule is O=C1NC(=O)C2(CCN(C(=O)Nc3ccccc3F)C2)N1. The van der Waals surface area contributed by atoms with Gasteiger partial charge in [0.2, 0.25) is 0 Å². The first-order valence-electron chi connectivity index (χ1n) is 6.44. The molecule has 1 atom stereocenters. The lowest BCUT2D eigenvalue weighted by molar-refractivity contribution is -0.123. The van der Waals surface area contributed by atoms with Crippen molar-refractivity contribution in [1.29, 1.82) is 0 Å². The molecule has 0 aliphatic carbocycles. The van der Waals surface area contributed by atoms with Crippen molar-refractivity contribution in [1.82, 2.24) is 15.5 Å². The molecule has 1 spiro atoms. The normalized spacial score (nSPS) is 24.1. The minimum atomic E-state index is -1.07. The van der Waals surface area contributed by atoms with Crippen molar-refractivity contribution in [3.05, 3.63) is 30.1 Å². The van der Waals surface area contributed by atoms with Crippen LogP contribution >= 0.6 is 0 Å². The summed E-state index contributed by atoms with van der Waals surface area (Å²) >= 11 is 0. The van der Waals surface area contributed by atoms with Crippen molar-refractivity contribution in [2.75, 3.05) is 18.4 Å². The molecule has 2 heterocycles. The van der Waals surface area contributed by atoms with Crippen LogP contribution in [0.4, 0.5) is 19.7 Å². The van der Waals surface area contributed by atoms with E-state index in [2.05, 4.69) is 16.0 Å². The molecule has 2 saturated heterocycles. The fourth-order valence-electron chi connectivity index (χ4n) is 2.56. The Morgan fingerprint density at radius 1 is 1.33 bits per heavy atom. The number of benzene rings is 1. The number of para-hydroxylation sites is 1. The molecule has 0 radical (unpaired) electrons. The van der Waals surface area contributed by atoms with Gasteiger partial charge in [-0.2, -0.15) is 0 Å². The number of hydrogen-bond acceptors (Lipinski definition) is 3. The minimum Gasteiger partial charge on any atom is -0.322 e. The highest BCUT2D eigenvalue weighted by Crippen LogP contribution is 2.25. The molecule has 3 N–H and O–H groups in total. The Balaban J connectivity index is 1.69. The lowest BCUT2D eigenvalue weighted by Crippen LogP contribution is -2.50. The zero-order valence-corrected chi connectivity index (χ0v) is 11.0. The molecule has 3 rings (SSSR count). The van der Waals surface area contributed by atoms with Gasteiger partial charge in [0.15, 0.2) is 0 Å². The number of halogens is 1. The summed E-state index contributed by atoms with van der Waals surface area (Å²) in [5.41, 5.74) is -0.993. The average molecular weight is 292 g/mol. The number of imide groups is 1. The Morgan fingerprint density at radius 2 is 2.10 bits per heavy atom. The van der Waals surface area contributed by atoms with Crippen LogP contribution in [0.2, 0.25) is 0 Å². The maximum absolute atomic E-state index is 13.5. The van der Waals surface area contributed by atoms with Crippen molar-refractivity contribution < 1.29 is 18.8 Å². The summed E-state index contributed by atoms with van der Waals surface area (Å²) in [4.78, 5) is 36.5. The second-order valence-corrected chi connectivity index (χ2v) is 5.07. The van der Waals surface area contributed by atoms with Crippen LogP contribution in [0.5, 0.6) is 0 Å². The van der Waals surface area contributed by atoms with Crippen LogP contribution in [0.1, 0.15) is 6.42 Å². The number of urea groups is 2. The van der Waals surface area contributed by atoms with E-state index in [1.165, 1.54) is 23.1 Å². The van der Waals surface area contributed by atoms with Crippen molar-refractivity contribution >= 4 is 23.7 Å². The van der Waals surface area contributed by atoms with Crippen molar-refractivity contribution in [3.63, 3.8) is 0 Å². The fourth-order valence-corrected chi connectivity index (χ4v) is 2.56. The molecule has 1 unspecified atom stereocenters. The van der Waals surface area contributed by atoms with E-state index in [9.17, 15) is 18.8 Å². The molecule has 21 heavy (non-hydrogen) atoms. The van der Waals surface area contributed by atoms with E-state index in [0.717, 1.165) is 0 Å². The average Bonchev–Trinajstić information content (AvgIpc) is 2.97. The molecular weight excluding hydrogens is 279 g/mol. The predicted octanol–water partition coefficient (Wildman–Crippen LogP) is 0.641. The monoisotopic (exact) mass is 292 g/mol. The van der Waals surface area contributed by atoms with Crippen LogP contribution in [0.3, 0.4) is 0 Å². The number of carbonyl (C=O) groups is 3. The second kappa shape index (κ2) is 4.72. The Morgan fingerprint density at radius 3 is 2.76 bits per heavy atom. The molecule has 1 aromatic rings. The number of nitrogens with one attached hydrogen (secondary N) is 3. The standard InChI is InChI=1S/C13H13FN4O3/c14-8-3-1-2-4-9(8)15-12(21)18-6-5-13(7-18)10(19)16-11(20)17-13/h1-4H,5-7H2,(H,15,21)(H2,16,17,19,20). The summed E-state index contributed by atoms with van der Waals surface area (Å²) in [5.74, 6) is -0.972. The Bertz CT molecular complexity index is 636. The van der Waals surface area contributed by atoms with Crippen LogP contribution in [0, 0.1) is 5.82 Å². The molecule has 1 aromatic carbocycles. The zero-order chi connectivity index (χ0) is 15.0. The topological polar surface area (TPSA) is 90.5 Å². The van der Waals surface area contributed by atoms with Crippen molar-refractivity contribution in [2.45, 2.75) is 12.0 Å². The third kappa shape index (κ3) is 2.28. The van der Waals surface area contributed by atoms with Gasteiger partial charge in [0.1, 0.15) is 11.4 Å². The minimum absolute atomic E-state index is 0.0604. The van der Waals surface area contributed by atoms with Gasteiger partial charge in [0, 0.05) is 6.54 Å². The lowest BCUT2D eigenvalue weighted by Gasteiger charge is -2.21. The molecule has 0 bridgehead atoms. The first-order chi connectivity index (χ1) is 10.00. The third-order valence-electron chi connectivity index (χ3n) is 3.69. The Labute approximate surface area is 119 Å². The summed E-state index contributed by atoms with van der Waals surface area (Å²) in [7, 11) is 0. The van der Waals surface area contributed by atoms with Gasteiger partial charge in [-0.15, -0.1) is 0 Å². The second-order valence-electron chi connectivity index (χ2n) is 5.07. The molecule has 2 aliphatic heterocycles. The number of carbonyl (C=O) groups excluding carboxylic acids is 3. The Kier molecular flexibility index (Phi) is 3.00. The van der Waals surface area contributed by atoms with E-state index in [0.29, 0.717) is 13.0 Å². The molecule has 110 valence electrons. The number of anilines is 1. The van der Waals surface area contributed by atoms with Crippen LogP contribution in [-0.2, 0) is 4.79 Å². The molecular formula is C13H13FN4O3. The maximum Gasteiger partial charge on any atom is 0.322 e. The number of amides is 5. The first-order valence-corrected chi connectivity index (χ1v) is 6.44. The van der Waals surface area contributed by atoms with Crippen LogP contribution in [0.15, 0.2) is 24.3 Å². The highest BCUT2D eigenvalue weighted by molar-refractivity contribution is 6.08. The van der Waals surface area contributed by atoms with Gasteiger partial charge in [-0.3, -0.25) is 10.1 Å². The van der Waals surface area contributed by atoms with Gasteiger partial charge in [0.25, 0.3) is 5.91 Å². The number of hydrogen-bond donors (Lipinski definition) is 3. The van der Waals surface area contributed by atoms with E-state index in [1.54, 1.807) is 6.07 Å². The number of nitrogens with zero attached hydrogens (tertiary/aromatic N) is 1. The summed E-state index contributed by atoms with van der Waals surface area (Å²) in [6.07, 6.45) is 0.329. The summed E-state index contributed by atoms with van der Waals surface area (Å²) in [5, 5.41) is 7.16. The number of rotatable bonds is 1. The molecule has 0 saturated carbocycles. The largest absolute Gasteiger partial charge is 0.322 e. The molecule has 8 heteroatoms. The fraction of sp³-hybridized carbons (Fsp3) is 0.308. The quantitative estimate of drug-likeness (QED) is 0.663. The molecule has 5 amide bonds. The van der Waals surface area contributed by atoms with E-state index >= 15 is 0 Å². The zero-order valence-electron chi connectivity index (χ0n) is 11.0. The summed E-state index contributed by atoms with van der Waals surface area (Å²) < 4.78 is 13.5. The van der Waals surface area contributed by atoms with Gasteiger partial charge in [0.05, 0.1) is 12.2 Å². The highest BCUT2D eigenvalue weighted by Gasteiger charge is 2.51. The molecule has 2 fully saturated rings. The molecule has 7 nitrogen and oxygen atoms in total. The van der Waals surface area contributed by atoms with Crippen molar-refractivity contribution in [3.8, 4) is 0 Å². The summed E-state index contributed by atoms with van der Waals surface area (Å²) in [6, 6.07) is 4.75. The van der Waals surface area contributed by atoms with Crippen LogP contribution in [0.25, 0.3) is 0 Å². The summed E-state index contributed by atoms with van der Waals surface area (Å²) in [6.45, 7) is 0.360. The van der Waals surface area contributed by atoms with Crippen LogP contribution < -0.4 is 16.0 Å². The van der Waals surface area contributed by atoms with E-state index in [-0.39, 0.29) is 12.2 Å². The van der Waals surface area contributed by atoms with E-state index in [4.69, 9.17) is 0 Å². The van der Waals surface area contributed by atoms with Gasteiger partial charge in [-0.05, 0) is 18.6 Å². The van der Waals surface area contributed by atoms with E-state index in [1.807, 2.05) is 0 Å². The Hall–Kier alpha value is -2.64. The maximum atomic E-state index is 13.5. The first kappa shape index (κ1) is 13.3. The molecule has 2 aliphatic rings. The van der Waals surface area contributed by atoms with Gasteiger partial charge in [-0.25, -0.2) is 14.0 Å². The predicted molar refractivity (Wildman–Crippen MR) is 71.0 cm³/mol. The van der Waals surface area contributed by atoms with Gasteiger partial charge < -0.3 is 15.5 Å². The highest BCUT2D eigenvalue weighted by atomic mass is 19.1. The lowest BCUT2D eigenvalue weighted by atomic mass is 10.00. The van der Waals surface area contributed by atoms with Gasteiger partial charge >= 0.3 is 12.1 Å². The molecule has 0 aromatic heterocycles. The van der Waals surface area contributed by atoms with E-state index < -0.39 is 29.3 Å². The number of likely N-dealkylation sites (tertiary alicyclic amines) is 1. The van der Waals surface area contributed by atoms with Crippen LogP contribution in [-0.4, -0.2) is 41.5 Å². The van der Waals surface area contributed by atoms with Crippen molar-refractivity contribution in [2.24, 2.45) is 0 Å². The van der Waals surface area contributed by atoms with Gasteiger partial charge in [-0.1, -0.05) is 12.1 Å².